The normalized spacial score (nSPS) is 17.1. The number of hydrogen-bond donors (Lipinski definition) is 2. The molecule has 0 bridgehead atoms. The van der Waals surface area contributed by atoms with Crippen molar-refractivity contribution in [2.75, 3.05) is 0 Å². The molecule has 0 saturated heterocycles. The van der Waals surface area contributed by atoms with Crippen LogP contribution in [0, 0.1) is 0 Å². The fourth-order valence-corrected chi connectivity index (χ4v) is 4.68. The third-order valence-electron chi connectivity index (χ3n) is 3.43. The Morgan fingerprint density at radius 3 is 2.45 bits per heavy atom. The molecule has 0 amide bonds. The van der Waals surface area contributed by atoms with Gasteiger partial charge in [-0.15, -0.1) is 0 Å². The Balaban J connectivity index is 2.47. The van der Waals surface area contributed by atoms with Crippen LogP contribution in [0.25, 0.3) is 0 Å². The summed E-state index contributed by atoms with van der Waals surface area (Å²) in [7, 11) is -3.97. The maximum absolute atomic E-state index is 12.7. The van der Waals surface area contributed by atoms with E-state index in [4.69, 9.17) is 0 Å². The van der Waals surface area contributed by atoms with Crippen LogP contribution in [0.2, 0.25) is 0 Å². The van der Waals surface area contributed by atoms with Crippen LogP contribution in [0.1, 0.15) is 18.1 Å². The van der Waals surface area contributed by atoms with Crippen molar-refractivity contribution < 1.29 is 19.4 Å². The molecule has 0 spiro atoms. The molecule has 4 nitrogen and oxygen atoms in total. The van der Waals surface area contributed by atoms with Crippen molar-refractivity contribution in [1.29, 1.82) is 0 Å². The molecule has 0 aliphatic rings. The van der Waals surface area contributed by atoms with Gasteiger partial charge in [0.1, 0.15) is 0 Å². The van der Waals surface area contributed by atoms with Gasteiger partial charge in [-0.05, 0) is 34.9 Å². The molecule has 20 heavy (non-hydrogen) atoms. The zero-order chi connectivity index (χ0) is 14.8. The van der Waals surface area contributed by atoms with E-state index in [0.717, 1.165) is 0 Å². The summed E-state index contributed by atoms with van der Waals surface area (Å²) in [5.41, 5.74) is 1.03. The second-order valence-corrected chi connectivity index (χ2v) is 8.13. The van der Waals surface area contributed by atoms with Crippen LogP contribution in [0.15, 0.2) is 47.2 Å². The molecule has 0 aliphatic heterocycles. The van der Waals surface area contributed by atoms with Gasteiger partial charge in [-0.3, -0.25) is 9.36 Å². The molecule has 2 N–H and O–H groups in total. The summed E-state index contributed by atoms with van der Waals surface area (Å²) in [6, 6.07) is 9.96. The fourth-order valence-electron chi connectivity index (χ4n) is 2.03. The Kier molecular flexibility index (Phi) is 4.14. The molecule has 2 rings (SSSR count). The minimum Gasteiger partial charge on any atom is -0.480 e. The van der Waals surface area contributed by atoms with Crippen LogP contribution in [0.3, 0.4) is 0 Å². The van der Waals surface area contributed by atoms with E-state index in [1.54, 1.807) is 47.2 Å². The van der Waals surface area contributed by atoms with E-state index in [9.17, 15) is 19.4 Å². The predicted molar refractivity (Wildman–Crippen MR) is 79.3 cm³/mol. The van der Waals surface area contributed by atoms with Crippen molar-refractivity contribution in [3.05, 3.63) is 58.3 Å². The van der Waals surface area contributed by atoms with Crippen LogP contribution in [-0.2, 0) is 20.7 Å². The SMILES string of the molecule is CC(C(=O)O)(c1ccccc1)P(=O)(O)Cc1ccsc1. The molecule has 2 unspecified atom stereocenters. The molecular formula is C14H15O4PS. The van der Waals surface area contributed by atoms with Crippen LogP contribution < -0.4 is 0 Å². The van der Waals surface area contributed by atoms with Gasteiger partial charge in [0.25, 0.3) is 0 Å². The Hall–Kier alpha value is -1.42. The summed E-state index contributed by atoms with van der Waals surface area (Å²) in [4.78, 5) is 22.1. The first kappa shape index (κ1) is 15.0. The summed E-state index contributed by atoms with van der Waals surface area (Å²) < 4.78 is 12.7. The standard InChI is InChI=1S/C14H15O4PS/c1-14(13(15)16,12-5-3-2-4-6-12)19(17,18)9-11-7-8-20-10-11/h2-8,10H,9H2,1H3,(H,15,16)(H,17,18). The third kappa shape index (κ3) is 2.57. The zero-order valence-corrected chi connectivity index (χ0v) is 12.6. The number of benzene rings is 1. The van der Waals surface area contributed by atoms with Crippen molar-refractivity contribution in [3.63, 3.8) is 0 Å². The molecule has 6 heteroatoms. The first-order chi connectivity index (χ1) is 9.38. The highest BCUT2D eigenvalue weighted by molar-refractivity contribution is 7.59. The summed E-state index contributed by atoms with van der Waals surface area (Å²) >= 11 is 1.42. The lowest BCUT2D eigenvalue weighted by atomic mass is 10.0. The molecule has 2 aromatic rings. The zero-order valence-electron chi connectivity index (χ0n) is 10.9. The Morgan fingerprint density at radius 2 is 1.95 bits per heavy atom. The van der Waals surface area contributed by atoms with Gasteiger partial charge >= 0.3 is 5.97 Å². The Morgan fingerprint density at radius 1 is 1.30 bits per heavy atom. The molecule has 2 atom stereocenters. The minimum absolute atomic E-state index is 0.145. The van der Waals surface area contributed by atoms with Crippen molar-refractivity contribution in [2.24, 2.45) is 0 Å². The van der Waals surface area contributed by atoms with Gasteiger partial charge in [0.2, 0.25) is 7.37 Å². The van der Waals surface area contributed by atoms with Gasteiger partial charge in [0, 0.05) is 0 Å². The van der Waals surface area contributed by atoms with Crippen LogP contribution in [-0.4, -0.2) is 16.0 Å². The highest BCUT2D eigenvalue weighted by Gasteiger charge is 2.51. The van der Waals surface area contributed by atoms with Gasteiger partial charge in [0.05, 0.1) is 6.16 Å². The largest absolute Gasteiger partial charge is 0.480 e. The number of aliphatic carboxylic acids is 1. The first-order valence-corrected chi connectivity index (χ1v) is 8.78. The second-order valence-electron chi connectivity index (χ2n) is 4.73. The van der Waals surface area contributed by atoms with Crippen molar-refractivity contribution in [3.8, 4) is 0 Å². The van der Waals surface area contributed by atoms with Crippen molar-refractivity contribution >= 4 is 24.7 Å². The summed E-state index contributed by atoms with van der Waals surface area (Å²) in [5, 5.41) is 11.3. The third-order valence-corrected chi connectivity index (χ3v) is 6.80. The van der Waals surface area contributed by atoms with Gasteiger partial charge in [-0.25, -0.2) is 0 Å². The van der Waals surface area contributed by atoms with Crippen molar-refractivity contribution in [1.82, 2.24) is 0 Å². The quantitative estimate of drug-likeness (QED) is 0.829. The van der Waals surface area contributed by atoms with Gasteiger partial charge < -0.3 is 10.00 Å². The molecule has 0 fully saturated rings. The molecule has 106 valence electrons. The van der Waals surface area contributed by atoms with E-state index in [1.165, 1.54) is 18.3 Å². The minimum atomic E-state index is -3.97. The monoisotopic (exact) mass is 310 g/mol. The molecule has 0 radical (unpaired) electrons. The van der Waals surface area contributed by atoms with E-state index in [2.05, 4.69) is 0 Å². The fraction of sp³-hybridized carbons (Fsp3) is 0.214. The van der Waals surface area contributed by atoms with Gasteiger partial charge in [-0.2, -0.15) is 11.3 Å². The molecule has 1 aromatic heterocycles. The number of carboxylic acids is 1. The van der Waals surface area contributed by atoms with Crippen LogP contribution >= 0.6 is 18.7 Å². The van der Waals surface area contributed by atoms with E-state index < -0.39 is 18.5 Å². The molecule has 0 saturated carbocycles. The smallest absolute Gasteiger partial charge is 0.323 e. The van der Waals surface area contributed by atoms with Crippen LogP contribution in [0.4, 0.5) is 0 Å². The van der Waals surface area contributed by atoms with E-state index in [0.29, 0.717) is 11.1 Å². The maximum atomic E-state index is 12.7. The topological polar surface area (TPSA) is 74.6 Å². The summed E-state index contributed by atoms with van der Waals surface area (Å²) in [6.45, 7) is 1.32. The van der Waals surface area contributed by atoms with E-state index >= 15 is 0 Å². The number of carboxylic acid groups (broad SMARTS) is 1. The molecular weight excluding hydrogens is 295 g/mol. The number of rotatable bonds is 5. The van der Waals surface area contributed by atoms with E-state index in [1.807, 2.05) is 0 Å². The lowest BCUT2D eigenvalue weighted by Gasteiger charge is -2.30. The predicted octanol–water partition coefficient (Wildman–Crippen LogP) is 3.52. The summed E-state index contributed by atoms with van der Waals surface area (Å²) in [6.07, 6.45) is -0.145. The highest BCUT2D eigenvalue weighted by Crippen LogP contribution is 2.62. The average molecular weight is 310 g/mol. The summed E-state index contributed by atoms with van der Waals surface area (Å²) in [5.74, 6) is -1.29. The van der Waals surface area contributed by atoms with E-state index in [-0.39, 0.29) is 6.16 Å². The Labute approximate surface area is 121 Å². The first-order valence-electron chi connectivity index (χ1n) is 6.00. The number of thiophene rings is 1. The highest BCUT2D eigenvalue weighted by atomic mass is 32.1. The number of hydrogen-bond acceptors (Lipinski definition) is 3. The second kappa shape index (κ2) is 5.52. The molecule has 0 aliphatic carbocycles. The van der Waals surface area contributed by atoms with Gasteiger partial charge in [0.15, 0.2) is 5.16 Å². The Bertz CT molecular complexity index is 638. The molecule has 1 aromatic carbocycles. The van der Waals surface area contributed by atoms with Gasteiger partial charge in [-0.1, -0.05) is 30.3 Å². The molecule has 1 heterocycles. The lowest BCUT2D eigenvalue weighted by molar-refractivity contribution is -0.140. The maximum Gasteiger partial charge on any atom is 0.323 e. The van der Waals surface area contributed by atoms with Crippen LogP contribution in [0.5, 0.6) is 0 Å². The van der Waals surface area contributed by atoms with Crippen molar-refractivity contribution in [2.45, 2.75) is 18.2 Å². The average Bonchev–Trinajstić information content (AvgIpc) is 2.90. The lowest BCUT2D eigenvalue weighted by Crippen LogP contribution is -2.32. The number of carbonyl (C=O) groups is 1.